The van der Waals surface area contributed by atoms with Crippen LogP contribution >= 0.6 is 0 Å². The maximum atomic E-state index is 13.0. The molecular formula is C19H30N2O4S. The summed E-state index contributed by atoms with van der Waals surface area (Å²) in [5.74, 6) is -0.644. The molecule has 1 aromatic rings. The third-order valence-corrected chi connectivity index (χ3v) is 6.29. The molecule has 0 spiro atoms. The van der Waals surface area contributed by atoms with Gasteiger partial charge in [0.1, 0.15) is 4.90 Å². The molecule has 1 saturated carbocycles. The Bertz CT molecular complexity index is 708. The number of sulfonamides is 1. The molecule has 0 atom stereocenters. The summed E-state index contributed by atoms with van der Waals surface area (Å²) in [5, 5.41) is 12.4. The summed E-state index contributed by atoms with van der Waals surface area (Å²) < 4.78 is 28.7. The van der Waals surface area contributed by atoms with Crippen LogP contribution in [0.25, 0.3) is 0 Å². The number of rotatable bonds is 8. The van der Waals surface area contributed by atoms with Crippen LogP contribution in [0.3, 0.4) is 0 Å². The van der Waals surface area contributed by atoms with Crippen molar-refractivity contribution in [2.75, 3.05) is 11.9 Å². The van der Waals surface area contributed by atoms with Crippen LogP contribution in [0.5, 0.6) is 0 Å². The molecular weight excluding hydrogens is 352 g/mol. The van der Waals surface area contributed by atoms with Crippen LogP contribution in [-0.2, 0) is 10.0 Å². The lowest BCUT2D eigenvalue weighted by Gasteiger charge is -2.19. The minimum absolute atomic E-state index is 0.0189. The summed E-state index contributed by atoms with van der Waals surface area (Å²) in [7, 11) is -3.79. The highest BCUT2D eigenvalue weighted by atomic mass is 32.2. The van der Waals surface area contributed by atoms with Gasteiger partial charge < -0.3 is 10.4 Å². The molecule has 6 nitrogen and oxygen atoms in total. The SMILES string of the molecule is CC(C)CCNc1ccc(C(=O)O)cc1S(=O)(=O)NC1CCCCCC1. The second-order valence-electron chi connectivity index (χ2n) is 7.44. The first-order valence-electron chi connectivity index (χ1n) is 9.43. The topological polar surface area (TPSA) is 95.5 Å². The van der Waals surface area contributed by atoms with Crippen molar-refractivity contribution in [1.82, 2.24) is 4.72 Å². The summed E-state index contributed by atoms with van der Waals surface area (Å²) in [4.78, 5) is 11.3. The van der Waals surface area contributed by atoms with Crippen molar-refractivity contribution in [3.05, 3.63) is 23.8 Å². The van der Waals surface area contributed by atoms with Gasteiger partial charge in [0.05, 0.1) is 11.3 Å². The van der Waals surface area contributed by atoms with Crippen LogP contribution in [0.4, 0.5) is 5.69 Å². The third-order valence-electron chi connectivity index (χ3n) is 4.73. The lowest BCUT2D eigenvalue weighted by atomic mass is 10.1. The molecule has 146 valence electrons. The molecule has 1 aliphatic carbocycles. The molecule has 0 radical (unpaired) electrons. The van der Waals surface area contributed by atoms with Crippen molar-refractivity contribution in [3.63, 3.8) is 0 Å². The Balaban J connectivity index is 2.26. The fourth-order valence-electron chi connectivity index (χ4n) is 3.20. The zero-order valence-electron chi connectivity index (χ0n) is 15.6. The van der Waals surface area contributed by atoms with Crippen LogP contribution in [0.1, 0.15) is 69.2 Å². The Morgan fingerprint density at radius 1 is 1.19 bits per heavy atom. The predicted octanol–water partition coefficient (Wildman–Crippen LogP) is 3.84. The summed E-state index contributed by atoms with van der Waals surface area (Å²) in [6.07, 6.45) is 6.85. The van der Waals surface area contributed by atoms with Crippen molar-refractivity contribution in [2.45, 2.75) is 69.7 Å². The largest absolute Gasteiger partial charge is 0.478 e. The molecule has 0 amide bonds. The first-order chi connectivity index (χ1) is 12.3. The summed E-state index contributed by atoms with van der Waals surface area (Å²) in [5.41, 5.74) is 0.428. The summed E-state index contributed by atoms with van der Waals surface area (Å²) in [6, 6.07) is 4.15. The van der Waals surface area contributed by atoms with E-state index < -0.39 is 16.0 Å². The fourth-order valence-corrected chi connectivity index (χ4v) is 4.71. The summed E-state index contributed by atoms with van der Waals surface area (Å²) >= 11 is 0. The van der Waals surface area contributed by atoms with Crippen molar-refractivity contribution in [2.24, 2.45) is 5.92 Å². The molecule has 0 bridgehead atoms. The number of anilines is 1. The molecule has 2 rings (SSSR count). The number of benzene rings is 1. The Morgan fingerprint density at radius 3 is 2.42 bits per heavy atom. The van der Waals surface area contributed by atoms with Crippen LogP contribution in [-0.4, -0.2) is 32.1 Å². The van der Waals surface area contributed by atoms with Gasteiger partial charge in [-0.1, -0.05) is 39.5 Å². The number of carboxylic acid groups (broad SMARTS) is 1. The molecule has 1 aliphatic rings. The van der Waals surface area contributed by atoms with Gasteiger partial charge in [-0.05, 0) is 43.4 Å². The van der Waals surface area contributed by atoms with Gasteiger partial charge in [-0.15, -0.1) is 0 Å². The number of hydrogen-bond donors (Lipinski definition) is 3. The van der Waals surface area contributed by atoms with Gasteiger partial charge in [0.25, 0.3) is 0 Å². The van der Waals surface area contributed by atoms with E-state index >= 15 is 0 Å². The second-order valence-corrected chi connectivity index (χ2v) is 9.12. The number of hydrogen-bond acceptors (Lipinski definition) is 4. The molecule has 0 unspecified atom stereocenters. The highest BCUT2D eigenvalue weighted by molar-refractivity contribution is 7.89. The quantitative estimate of drug-likeness (QED) is 0.594. The van der Waals surface area contributed by atoms with E-state index in [0.717, 1.165) is 44.9 Å². The van der Waals surface area contributed by atoms with Gasteiger partial charge in [-0.3, -0.25) is 0 Å². The molecule has 1 fully saturated rings. The molecule has 0 saturated heterocycles. The van der Waals surface area contributed by atoms with Gasteiger partial charge in [0.15, 0.2) is 0 Å². The Hall–Kier alpha value is -1.60. The Kier molecular flexibility index (Phi) is 7.46. The number of carboxylic acids is 1. The van der Waals surface area contributed by atoms with E-state index in [-0.39, 0.29) is 16.5 Å². The van der Waals surface area contributed by atoms with Gasteiger partial charge >= 0.3 is 5.97 Å². The maximum Gasteiger partial charge on any atom is 0.335 e. The zero-order chi connectivity index (χ0) is 19.2. The van der Waals surface area contributed by atoms with Crippen molar-refractivity contribution in [3.8, 4) is 0 Å². The number of carbonyl (C=O) groups is 1. The van der Waals surface area contributed by atoms with E-state index in [1.165, 1.54) is 12.1 Å². The molecule has 7 heteroatoms. The molecule has 0 heterocycles. The average Bonchev–Trinajstić information content (AvgIpc) is 2.82. The van der Waals surface area contributed by atoms with Crippen molar-refractivity contribution < 1.29 is 18.3 Å². The smallest absolute Gasteiger partial charge is 0.335 e. The van der Waals surface area contributed by atoms with E-state index in [1.807, 2.05) is 0 Å². The van der Waals surface area contributed by atoms with Gasteiger partial charge in [0, 0.05) is 12.6 Å². The number of aromatic carboxylic acids is 1. The average molecular weight is 383 g/mol. The van der Waals surface area contributed by atoms with E-state index in [4.69, 9.17) is 0 Å². The first kappa shape index (κ1) is 20.7. The van der Waals surface area contributed by atoms with Gasteiger partial charge in [-0.2, -0.15) is 0 Å². The predicted molar refractivity (Wildman–Crippen MR) is 103 cm³/mol. The van der Waals surface area contributed by atoms with Crippen LogP contribution < -0.4 is 10.0 Å². The lowest BCUT2D eigenvalue weighted by molar-refractivity contribution is 0.0696. The van der Waals surface area contributed by atoms with E-state index in [2.05, 4.69) is 23.9 Å². The highest BCUT2D eigenvalue weighted by Crippen LogP contribution is 2.25. The monoisotopic (exact) mass is 382 g/mol. The van der Waals surface area contributed by atoms with Crippen LogP contribution in [0.2, 0.25) is 0 Å². The van der Waals surface area contributed by atoms with E-state index in [1.54, 1.807) is 6.07 Å². The molecule has 26 heavy (non-hydrogen) atoms. The second kappa shape index (κ2) is 9.37. The standard InChI is InChI=1S/C19H30N2O4S/c1-14(2)11-12-20-17-10-9-15(19(22)23)13-18(17)26(24,25)21-16-7-5-3-4-6-8-16/h9-10,13-14,16,20-21H,3-8,11-12H2,1-2H3,(H,22,23). The van der Waals surface area contributed by atoms with Crippen molar-refractivity contribution >= 4 is 21.7 Å². The minimum Gasteiger partial charge on any atom is -0.478 e. The molecule has 3 N–H and O–H groups in total. The summed E-state index contributed by atoms with van der Waals surface area (Å²) in [6.45, 7) is 4.83. The van der Waals surface area contributed by atoms with Gasteiger partial charge in [-0.25, -0.2) is 17.9 Å². The highest BCUT2D eigenvalue weighted by Gasteiger charge is 2.25. The molecule has 0 aliphatic heterocycles. The lowest BCUT2D eigenvalue weighted by Crippen LogP contribution is -2.35. The Morgan fingerprint density at radius 2 is 1.85 bits per heavy atom. The number of nitrogens with one attached hydrogen (secondary N) is 2. The van der Waals surface area contributed by atoms with Crippen LogP contribution in [0, 0.1) is 5.92 Å². The van der Waals surface area contributed by atoms with E-state index in [0.29, 0.717) is 18.2 Å². The molecule has 1 aromatic carbocycles. The zero-order valence-corrected chi connectivity index (χ0v) is 16.4. The third kappa shape index (κ3) is 5.99. The normalized spacial score (nSPS) is 16.4. The first-order valence-corrected chi connectivity index (χ1v) is 10.9. The minimum atomic E-state index is -3.79. The van der Waals surface area contributed by atoms with Gasteiger partial charge in [0.2, 0.25) is 10.0 Å². The fraction of sp³-hybridized carbons (Fsp3) is 0.632. The van der Waals surface area contributed by atoms with E-state index in [9.17, 15) is 18.3 Å². The Labute approximate surface area is 156 Å². The van der Waals surface area contributed by atoms with Crippen LogP contribution in [0.15, 0.2) is 23.1 Å². The van der Waals surface area contributed by atoms with Crippen molar-refractivity contribution in [1.29, 1.82) is 0 Å². The maximum absolute atomic E-state index is 13.0. The molecule has 0 aromatic heterocycles.